The highest BCUT2D eigenvalue weighted by atomic mass is 31.2. The molecule has 0 unspecified atom stereocenters. The number of ether oxygens (including phenoxy) is 1. The highest BCUT2D eigenvalue weighted by Crippen LogP contribution is 2.61. The highest BCUT2D eigenvalue weighted by Gasteiger charge is 2.52. The molecule has 4 aliphatic carbocycles. The third-order valence-corrected chi connectivity index (χ3v) is 8.88. The molecule has 4 nitrogen and oxygen atoms in total. The van der Waals surface area contributed by atoms with E-state index >= 15 is 4.39 Å². The average molecular weight is 444 g/mol. The summed E-state index contributed by atoms with van der Waals surface area (Å²) in [6, 6.07) is 6.64. The van der Waals surface area contributed by atoms with E-state index in [1.165, 1.54) is 50.7 Å². The van der Waals surface area contributed by atoms with Crippen molar-refractivity contribution in [2.45, 2.75) is 64.7 Å². The number of hydrogen-bond donors (Lipinski definition) is 2. The first-order valence-corrected chi connectivity index (χ1v) is 12.8. The lowest BCUT2D eigenvalue weighted by Crippen LogP contribution is -2.48. The first-order chi connectivity index (χ1) is 14.6. The van der Waals surface area contributed by atoms with Crippen LogP contribution in [-0.4, -0.2) is 9.79 Å². The molecule has 2 aromatic carbocycles. The van der Waals surface area contributed by atoms with Gasteiger partial charge in [0.25, 0.3) is 0 Å². The van der Waals surface area contributed by atoms with Crippen LogP contribution in [0.2, 0.25) is 0 Å². The summed E-state index contributed by atoms with van der Waals surface area (Å²) < 4.78 is 33.1. The fourth-order valence-corrected chi connectivity index (χ4v) is 7.84. The van der Waals surface area contributed by atoms with Crippen molar-refractivity contribution in [3.63, 3.8) is 0 Å². The van der Waals surface area contributed by atoms with E-state index in [-0.39, 0.29) is 22.3 Å². The molecule has 6 heteroatoms. The Morgan fingerprint density at radius 3 is 1.97 bits per heavy atom. The lowest BCUT2D eigenvalue weighted by Gasteiger charge is -2.57. The van der Waals surface area contributed by atoms with Gasteiger partial charge < -0.3 is 14.5 Å². The summed E-state index contributed by atoms with van der Waals surface area (Å²) in [6.07, 6.45) is 7.60. The van der Waals surface area contributed by atoms with Crippen molar-refractivity contribution >= 4 is 12.9 Å². The van der Waals surface area contributed by atoms with Gasteiger partial charge in [0, 0.05) is 0 Å². The van der Waals surface area contributed by atoms with Crippen LogP contribution in [0, 0.1) is 44.3 Å². The van der Waals surface area contributed by atoms with Crippen LogP contribution in [0.15, 0.2) is 24.3 Å². The molecule has 4 saturated carbocycles. The zero-order valence-corrected chi connectivity index (χ0v) is 19.2. The molecule has 0 heterocycles. The number of hydrogen-bond acceptors (Lipinski definition) is 2. The van der Waals surface area contributed by atoms with Crippen LogP contribution in [0.3, 0.4) is 0 Å². The summed E-state index contributed by atoms with van der Waals surface area (Å²) >= 11 is 0. The third-order valence-electron chi connectivity index (χ3n) is 7.95. The van der Waals surface area contributed by atoms with Gasteiger partial charge in [0.1, 0.15) is 5.75 Å². The Hall–Kier alpha value is -1.68. The number of halogens is 1. The Morgan fingerprint density at radius 2 is 1.48 bits per heavy atom. The average Bonchev–Trinajstić information content (AvgIpc) is 2.65. The maximum Gasteiger partial charge on any atom is 0.356 e. The van der Waals surface area contributed by atoms with Crippen LogP contribution in [0.4, 0.5) is 4.39 Å². The second kappa shape index (κ2) is 7.16. The third kappa shape index (κ3) is 3.55. The molecule has 2 N–H and O–H groups in total. The van der Waals surface area contributed by atoms with E-state index in [1.54, 1.807) is 19.9 Å². The number of aryl methyl sites for hydroxylation is 2. The summed E-state index contributed by atoms with van der Waals surface area (Å²) in [4.78, 5) is 18.9. The summed E-state index contributed by atoms with van der Waals surface area (Å²) in [5.41, 5.74) is 3.10. The van der Waals surface area contributed by atoms with Gasteiger partial charge in [0.15, 0.2) is 11.6 Å². The largest absolute Gasteiger partial charge is 0.454 e. The van der Waals surface area contributed by atoms with Gasteiger partial charge >= 0.3 is 7.60 Å². The molecule has 0 saturated heterocycles. The molecule has 0 spiro atoms. The molecule has 0 amide bonds. The smallest absolute Gasteiger partial charge is 0.356 e. The van der Waals surface area contributed by atoms with Gasteiger partial charge in [-0.25, -0.2) is 4.39 Å². The van der Waals surface area contributed by atoms with Crippen LogP contribution >= 0.6 is 7.60 Å². The Bertz CT molecular complexity index is 1040. The van der Waals surface area contributed by atoms with Crippen LogP contribution in [0.5, 0.6) is 11.5 Å². The normalized spacial score (nSPS) is 29.4. The molecule has 4 aliphatic rings. The zero-order chi connectivity index (χ0) is 22.1. The Labute approximate surface area is 183 Å². The van der Waals surface area contributed by atoms with Crippen LogP contribution in [0.25, 0.3) is 0 Å². The predicted molar refractivity (Wildman–Crippen MR) is 119 cm³/mol. The molecule has 166 valence electrons. The number of rotatable bonds is 4. The molecule has 31 heavy (non-hydrogen) atoms. The molecule has 0 aromatic heterocycles. The quantitative estimate of drug-likeness (QED) is 0.584. The first kappa shape index (κ1) is 21.2. The standard InChI is InChI=1S/C25H30FO4P/c1-14-6-20(31(27,28)29)7-15(2)24(14)30-22-5-4-21(16(3)23(22)26)25-11-17-8-18(12-25)10-19(9-17)13-25/h4-7,17-19H,8-13H2,1-3H3,(H2,27,28,29)/t17-,18-,19?,25-/m1/s1. The molecule has 0 radical (unpaired) electrons. The van der Waals surface area contributed by atoms with Crippen molar-refractivity contribution in [3.05, 3.63) is 52.3 Å². The molecule has 4 fully saturated rings. The van der Waals surface area contributed by atoms with Crippen LogP contribution < -0.4 is 10.0 Å². The van der Waals surface area contributed by atoms with Crippen molar-refractivity contribution in [2.24, 2.45) is 17.8 Å². The molecule has 0 atom stereocenters. The molecule has 6 rings (SSSR count). The maximum absolute atomic E-state index is 15.5. The van der Waals surface area contributed by atoms with Gasteiger partial charge in [-0.3, -0.25) is 4.57 Å². The predicted octanol–water partition coefficient (Wildman–Crippen LogP) is 5.81. The molecule has 2 aromatic rings. The summed E-state index contributed by atoms with van der Waals surface area (Å²) in [5.74, 6) is 2.66. The van der Waals surface area contributed by atoms with Crippen molar-refractivity contribution < 1.29 is 23.5 Å². The SMILES string of the molecule is Cc1cc(P(=O)(O)O)cc(C)c1Oc1ccc([C@]23CC4C[C@@H](C[C@H](C4)C2)C3)c(C)c1F. The first-order valence-electron chi connectivity index (χ1n) is 11.2. The Kier molecular flexibility index (Phi) is 4.89. The van der Waals surface area contributed by atoms with E-state index in [0.717, 1.165) is 23.3 Å². The minimum absolute atomic E-state index is 0.0522. The van der Waals surface area contributed by atoms with Crippen LogP contribution in [0.1, 0.15) is 60.8 Å². The van der Waals surface area contributed by atoms with Crippen molar-refractivity contribution in [3.8, 4) is 11.5 Å². The summed E-state index contributed by atoms with van der Waals surface area (Å²) in [7, 11) is -4.36. The zero-order valence-electron chi connectivity index (χ0n) is 18.3. The highest BCUT2D eigenvalue weighted by molar-refractivity contribution is 7.60. The van der Waals surface area contributed by atoms with Gasteiger partial charge in [0.05, 0.1) is 5.30 Å². The second-order valence-electron chi connectivity index (χ2n) is 10.3. The van der Waals surface area contributed by atoms with E-state index in [0.29, 0.717) is 22.4 Å². The lowest BCUT2D eigenvalue weighted by molar-refractivity contribution is -0.00563. The molecular weight excluding hydrogens is 414 g/mol. The van der Waals surface area contributed by atoms with E-state index in [4.69, 9.17) is 4.74 Å². The minimum atomic E-state index is -4.36. The Morgan fingerprint density at radius 1 is 0.968 bits per heavy atom. The van der Waals surface area contributed by atoms with Gasteiger partial charge in [-0.2, -0.15) is 0 Å². The minimum Gasteiger partial charge on any atom is -0.454 e. The van der Waals surface area contributed by atoms with Crippen molar-refractivity contribution in [1.82, 2.24) is 0 Å². The van der Waals surface area contributed by atoms with E-state index in [9.17, 15) is 14.4 Å². The Balaban J connectivity index is 1.48. The van der Waals surface area contributed by atoms with Crippen molar-refractivity contribution in [2.75, 3.05) is 0 Å². The van der Waals surface area contributed by atoms with Gasteiger partial charge in [-0.05, 0) is 123 Å². The maximum atomic E-state index is 15.5. The van der Waals surface area contributed by atoms with Gasteiger partial charge in [0.2, 0.25) is 0 Å². The monoisotopic (exact) mass is 444 g/mol. The molecule has 0 aliphatic heterocycles. The summed E-state index contributed by atoms with van der Waals surface area (Å²) in [6.45, 7) is 5.30. The summed E-state index contributed by atoms with van der Waals surface area (Å²) in [5, 5.41) is -0.0522. The fraction of sp³-hybridized carbons (Fsp3) is 0.520. The van der Waals surface area contributed by atoms with E-state index in [1.807, 2.05) is 6.92 Å². The van der Waals surface area contributed by atoms with E-state index < -0.39 is 7.60 Å². The topological polar surface area (TPSA) is 66.8 Å². The van der Waals surface area contributed by atoms with Crippen molar-refractivity contribution in [1.29, 1.82) is 0 Å². The van der Waals surface area contributed by atoms with Gasteiger partial charge in [-0.15, -0.1) is 0 Å². The van der Waals surface area contributed by atoms with Gasteiger partial charge in [-0.1, -0.05) is 6.07 Å². The van der Waals surface area contributed by atoms with Crippen LogP contribution in [-0.2, 0) is 9.98 Å². The lowest BCUT2D eigenvalue weighted by atomic mass is 9.47. The number of benzene rings is 2. The molecular formula is C25H30FO4P. The second-order valence-corrected chi connectivity index (χ2v) is 11.9. The fourth-order valence-electron chi connectivity index (χ4n) is 7.12. The molecule has 4 bridgehead atoms. The van der Waals surface area contributed by atoms with E-state index in [2.05, 4.69) is 6.07 Å².